The molecule has 1 unspecified atom stereocenters. The van der Waals surface area contributed by atoms with Crippen LogP contribution >= 0.6 is 0 Å². The number of esters is 1. The Morgan fingerprint density at radius 3 is 2.07 bits per heavy atom. The lowest BCUT2D eigenvalue weighted by Crippen LogP contribution is -2.53. The third-order valence-electron chi connectivity index (χ3n) is 4.56. The highest BCUT2D eigenvalue weighted by Gasteiger charge is 2.41. The van der Waals surface area contributed by atoms with Crippen molar-refractivity contribution in [3.8, 4) is 0 Å². The average molecular weight is 449 g/mol. The van der Waals surface area contributed by atoms with E-state index in [1.54, 1.807) is 6.92 Å². The van der Waals surface area contributed by atoms with Gasteiger partial charge in [0.1, 0.15) is 0 Å². The van der Waals surface area contributed by atoms with E-state index in [-0.39, 0.29) is 5.97 Å². The Morgan fingerprint density at radius 2 is 1.54 bits per heavy atom. The number of hydrogen-bond acceptors (Lipinski definition) is 5. The first kappa shape index (κ1) is 27.7. The second-order valence-electron chi connectivity index (χ2n) is 8.88. The molecule has 0 bridgehead atoms. The molecule has 0 aliphatic carbocycles. The fourth-order valence-electron chi connectivity index (χ4n) is 3.33. The molecule has 0 saturated heterocycles. The summed E-state index contributed by atoms with van der Waals surface area (Å²) in [5, 5.41) is 0. The minimum atomic E-state index is -2.24. The standard InChI is InChI=1S/C20H44O5Si3/c1-10-12-17-28(9,18-15-22-11-2)25-27(7,8)24-26(5,6)16-13-14-23-20(21)19(3)4/h3,10-18H2,1-2,4-9H3. The summed E-state index contributed by atoms with van der Waals surface area (Å²) in [6.45, 7) is 22.7. The molecular weight excluding hydrogens is 404 g/mol. The number of rotatable bonds is 16. The zero-order chi connectivity index (χ0) is 21.8. The molecule has 28 heavy (non-hydrogen) atoms. The van der Waals surface area contributed by atoms with Crippen LogP contribution in [-0.2, 0) is 22.5 Å². The maximum atomic E-state index is 11.5. The molecule has 0 aromatic heterocycles. The lowest BCUT2D eigenvalue weighted by atomic mass is 10.4. The van der Waals surface area contributed by atoms with E-state index >= 15 is 0 Å². The molecule has 0 aromatic rings. The second-order valence-corrected chi connectivity index (χ2v) is 21.2. The molecule has 0 saturated carbocycles. The number of carbonyl (C=O) groups is 1. The van der Waals surface area contributed by atoms with E-state index in [4.69, 9.17) is 17.7 Å². The van der Waals surface area contributed by atoms with Crippen LogP contribution in [0.4, 0.5) is 0 Å². The molecule has 0 radical (unpaired) electrons. The van der Waals surface area contributed by atoms with Crippen LogP contribution < -0.4 is 0 Å². The van der Waals surface area contributed by atoms with Gasteiger partial charge in [-0.15, -0.1) is 0 Å². The molecule has 5 nitrogen and oxygen atoms in total. The first-order valence-corrected chi connectivity index (χ1v) is 19.4. The van der Waals surface area contributed by atoms with Crippen molar-refractivity contribution in [1.82, 2.24) is 0 Å². The summed E-state index contributed by atoms with van der Waals surface area (Å²) in [5.41, 5.74) is 0.443. The Kier molecular flexibility index (Phi) is 13.0. The maximum absolute atomic E-state index is 11.5. The minimum Gasteiger partial charge on any atom is -0.462 e. The van der Waals surface area contributed by atoms with Gasteiger partial charge in [-0.2, -0.15) is 0 Å². The van der Waals surface area contributed by atoms with Crippen LogP contribution in [0.3, 0.4) is 0 Å². The number of unbranched alkanes of at least 4 members (excludes halogenated alkanes) is 1. The van der Waals surface area contributed by atoms with E-state index in [0.717, 1.165) is 37.8 Å². The van der Waals surface area contributed by atoms with Crippen molar-refractivity contribution in [3.05, 3.63) is 12.2 Å². The molecule has 0 heterocycles. The first-order chi connectivity index (χ1) is 12.9. The van der Waals surface area contributed by atoms with Gasteiger partial charge < -0.3 is 17.7 Å². The van der Waals surface area contributed by atoms with Gasteiger partial charge in [0, 0.05) is 18.8 Å². The van der Waals surface area contributed by atoms with E-state index in [0.29, 0.717) is 12.2 Å². The summed E-state index contributed by atoms with van der Waals surface area (Å²) in [4.78, 5) is 11.5. The van der Waals surface area contributed by atoms with Gasteiger partial charge in [0.15, 0.2) is 16.6 Å². The highest BCUT2D eigenvalue weighted by molar-refractivity contribution is 6.88. The van der Waals surface area contributed by atoms with Crippen LogP contribution in [0.1, 0.15) is 40.0 Å². The minimum absolute atomic E-state index is 0.314. The Bertz CT molecular complexity index is 482. The molecule has 0 aromatic carbocycles. The van der Waals surface area contributed by atoms with Crippen LogP contribution in [-0.4, -0.2) is 51.0 Å². The van der Waals surface area contributed by atoms with Crippen molar-refractivity contribution in [2.75, 3.05) is 19.8 Å². The summed E-state index contributed by atoms with van der Waals surface area (Å²) in [5.74, 6) is -0.314. The largest absolute Gasteiger partial charge is 0.462 e. The number of carbonyl (C=O) groups excluding carboxylic acids is 1. The fraction of sp³-hybridized carbons (Fsp3) is 0.850. The van der Waals surface area contributed by atoms with Crippen LogP contribution in [0.2, 0.25) is 50.9 Å². The van der Waals surface area contributed by atoms with Gasteiger partial charge in [-0.1, -0.05) is 26.3 Å². The number of hydrogen-bond donors (Lipinski definition) is 0. The Hall–Kier alpha value is -0.259. The molecule has 0 rings (SSSR count). The Labute approximate surface area is 176 Å². The van der Waals surface area contributed by atoms with Crippen molar-refractivity contribution < 1.29 is 22.5 Å². The monoisotopic (exact) mass is 448 g/mol. The van der Waals surface area contributed by atoms with Gasteiger partial charge in [0.2, 0.25) is 0 Å². The molecule has 0 fully saturated rings. The van der Waals surface area contributed by atoms with Gasteiger partial charge in [0.25, 0.3) is 0 Å². The SMILES string of the molecule is C=C(C)C(=O)OCCC[Si](C)(C)O[Si](C)(C)O[Si](C)(CCCC)CCOCC. The molecule has 8 heteroatoms. The van der Waals surface area contributed by atoms with E-state index in [9.17, 15) is 4.79 Å². The van der Waals surface area contributed by atoms with E-state index in [2.05, 4.69) is 46.2 Å². The van der Waals surface area contributed by atoms with Gasteiger partial charge in [-0.05, 0) is 71.1 Å². The van der Waals surface area contributed by atoms with E-state index < -0.39 is 25.2 Å². The normalized spacial score (nSPS) is 14.6. The lowest BCUT2D eigenvalue weighted by Gasteiger charge is -2.40. The Balaban J connectivity index is 4.71. The average Bonchev–Trinajstić information content (AvgIpc) is 2.55. The quantitative estimate of drug-likeness (QED) is 0.128. The van der Waals surface area contributed by atoms with Gasteiger partial charge in [-0.25, -0.2) is 4.79 Å². The summed E-state index contributed by atoms with van der Waals surface area (Å²) in [6.07, 6.45) is 3.21. The third kappa shape index (κ3) is 13.1. The van der Waals surface area contributed by atoms with Crippen molar-refractivity contribution in [1.29, 1.82) is 0 Å². The topological polar surface area (TPSA) is 54.0 Å². The van der Waals surface area contributed by atoms with E-state index in [1.807, 2.05) is 6.92 Å². The molecule has 0 amide bonds. The lowest BCUT2D eigenvalue weighted by molar-refractivity contribution is -0.138. The second kappa shape index (κ2) is 13.1. The van der Waals surface area contributed by atoms with E-state index in [1.165, 1.54) is 12.8 Å². The van der Waals surface area contributed by atoms with Crippen molar-refractivity contribution in [2.24, 2.45) is 0 Å². The molecular formula is C20H44O5Si3. The molecule has 0 aliphatic rings. The maximum Gasteiger partial charge on any atom is 0.333 e. The number of ether oxygens (including phenoxy) is 2. The summed E-state index contributed by atoms with van der Waals surface area (Å²) < 4.78 is 24.3. The smallest absolute Gasteiger partial charge is 0.333 e. The highest BCUT2D eigenvalue weighted by atomic mass is 28.5. The fourth-order valence-corrected chi connectivity index (χ4v) is 18.1. The molecule has 1 atom stereocenters. The molecule has 166 valence electrons. The summed E-state index contributed by atoms with van der Waals surface area (Å²) in [6, 6.07) is 3.14. The van der Waals surface area contributed by atoms with Crippen molar-refractivity contribution in [3.63, 3.8) is 0 Å². The summed E-state index contributed by atoms with van der Waals surface area (Å²) >= 11 is 0. The van der Waals surface area contributed by atoms with Crippen molar-refractivity contribution >= 4 is 31.2 Å². The van der Waals surface area contributed by atoms with Crippen molar-refractivity contribution in [2.45, 2.75) is 90.9 Å². The van der Waals surface area contributed by atoms with Gasteiger partial charge >= 0.3 is 14.5 Å². The molecule has 0 N–H and O–H groups in total. The highest BCUT2D eigenvalue weighted by Crippen LogP contribution is 2.28. The predicted octanol–water partition coefficient (Wildman–Crippen LogP) is 5.85. The summed E-state index contributed by atoms with van der Waals surface area (Å²) in [7, 11) is -5.98. The van der Waals surface area contributed by atoms with Crippen LogP contribution in [0.15, 0.2) is 12.2 Å². The zero-order valence-electron chi connectivity index (χ0n) is 19.6. The van der Waals surface area contributed by atoms with Crippen LogP contribution in [0.25, 0.3) is 0 Å². The van der Waals surface area contributed by atoms with Gasteiger partial charge in [-0.3, -0.25) is 0 Å². The zero-order valence-corrected chi connectivity index (χ0v) is 22.6. The third-order valence-corrected chi connectivity index (χ3v) is 16.9. The predicted molar refractivity (Wildman–Crippen MR) is 125 cm³/mol. The molecule has 0 aliphatic heterocycles. The Morgan fingerprint density at radius 1 is 0.893 bits per heavy atom. The van der Waals surface area contributed by atoms with Crippen LogP contribution in [0.5, 0.6) is 0 Å². The van der Waals surface area contributed by atoms with Gasteiger partial charge in [0.05, 0.1) is 6.61 Å². The van der Waals surface area contributed by atoms with Crippen LogP contribution in [0, 0.1) is 0 Å². The molecule has 0 spiro atoms. The first-order valence-electron chi connectivity index (χ1n) is 10.7.